The molecular formula is C14H20ClN5O4S. The Labute approximate surface area is 150 Å². The van der Waals surface area contributed by atoms with Gasteiger partial charge >= 0.3 is 0 Å². The molecule has 2 rings (SSSR count). The Balaban J connectivity index is 0.000000550. The maximum Gasteiger partial charge on any atom is 0.276 e. The first-order valence-corrected chi connectivity index (χ1v) is 9.08. The van der Waals surface area contributed by atoms with Crippen molar-refractivity contribution in [1.29, 1.82) is 5.41 Å². The van der Waals surface area contributed by atoms with Crippen LogP contribution in [0.2, 0.25) is 5.02 Å². The molecule has 0 saturated heterocycles. The predicted octanol–water partition coefficient (Wildman–Crippen LogP) is 1.36. The maximum atomic E-state index is 12.2. The molecule has 25 heavy (non-hydrogen) atoms. The monoisotopic (exact) mass is 389 g/mol. The number of rotatable bonds is 2. The summed E-state index contributed by atoms with van der Waals surface area (Å²) in [5, 5.41) is 8.63. The summed E-state index contributed by atoms with van der Waals surface area (Å²) in [6, 6.07) is 5.34. The number of aromatic nitrogens is 1. The maximum absolute atomic E-state index is 12.2. The largest absolute Gasteiger partial charge is 0.376 e. The van der Waals surface area contributed by atoms with Gasteiger partial charge in [-0.3, -0.25) is 19.7 Å². The second-order valence-electron chi connectivity index (χ2n) is 5.42. The number of nitrogens with zero attached hydrogens (tertiary/aromatic N) is 2. The molecule has 0 fully saturated rings. The van der Waals surface area contributed by atoms with Crippen molar-refractivity contribution in [1.82, 2.24) is 9.88 Å². The highest BCUT2D eigenvalue weighted by Crippen LogP contribution is 2.31. The van der Waals surface area contributed by atoms with Crippen molar-refractivity contribution in [2.24, 2.45) is 5.73 Å². The van der Waals surface area contributed by atoms with Crippen LogP contribution < -0.4 is 10.6 Å². The highest BCUT2D eigenvalue weighted by Gasteiger charge is 2.18. The number of H-pyrrole nitrogens is 1. The highest BCUT2D eigenvalue weighted by atomic mass is 35.5. The topological polar surface area (TPSA) is 144 Å². The first-order valence-electron chi connectivity index (χ1n) is 6.86. The fraction of sp³-hybridized carbons (Fsp3) is 0.286. The Bertz CT molecular complexity index is 899. The van der Waals surface area contributed by atoms with E-state index in [0.29, 0.717) is 17.0 Å². The molecule has 5 N–H and O–H groups in total. The van der Waals surface area contributed by atoms with E-state index in [9.17, 15) is 13.2 Å². The smallest absolute Gasteiger partial charge is 0.276 e. The van der Waals surface area contributed by atoms with Crippen LogP contribution in [0.1, 0.15) is 10.5 Å². The van der Waals surface area contributed by atoms with Gasteiger partial charge in [-0.15, -0.1) is 0 Å². The normalized spacial score (nSPS) is 10.8. The molecule has 0 aliphatic carbocycles. The number of halogens is 1. The molecule has 1 amide bonds. The molecule has 0 aliphatic rings. The number of anilines is 1. The number of amides is 1. The zero-order valence-corrected chi connectivity index (χ0v) is 15.7. The second kappa shape index (κ2) is 7.72. The third-order valence-corrected chi connectivity index (χ3v) is 3.43. The minimum absolute atomic E-state index is 0.312. The first-order chi connectivity index (χ1) is 11.3. The Morgan fingerprint density at radius 3 is 2.28 bits per heavy atom. The summed E-state index contributed by atoms with van der Waals surface area (Å²) in [6.45, 7) is 0. The molecule has 9 nitrogen and oxygen atoms in total. The van der Waals surface area contributed by atoms with E-state index in [-0.39, 0.29) is 11.9 Å². The van der Waals surface area contributed by atoms with Gasteiger partial charge < -0.3 is 15.6 Å². The Morgan fingerprint density at radius 1 is 1.32 bits per heavy atom. The van der Waals surface area contributed by atoms with Crippen molar-refractivity contribution in [2.75, 3.05) is 32.3 Å². The molecule has 0 aliphatic heterocycles. The Morgan fingerprint density at radius 2 is 1.84 bits per heavy atom. The van der Waals surface area contributed by atoms with Crippen LogP contribution in [-0.4, -0.2) is 62.1 Å². The van der Waals surface area contributed by atoms with Crippen molar-refractivity contribution in [2.45, 2.75) is 0 Å². The van der Waals surface area contributed by atoms with Crippen LogP contribution in [0.25, 0.3) is 10.9 Å². The zero-order valence-electron chi connectivity index (χ0n) is 14.2. The van der Waals surface area contributed by atoms with Crippen LogP contribution in [0.3, 0.4) is 0 Å². The molecule has 0 unspecified atom stereocenters. The molecule has 138 valence electrons. The van der Waals surface area contributed by atoms with Gasteiger partial charge in [-0.25, -0.2) is 0 Å². The Kier molecular flexibility index (Phi) is 6.41. The van der Waals surface area contributed by atoms with Gasteiger partial charge in [0.2, 0.25) is 0 Å². The van der Waals surface area contributed by atoms with Crippen molar-refractivity contribution in [3.63, 3.8) is 0 Å². The number of aromatic amines is 1. The van der Waals surface area contributed by atoms with Crippen molar-refractivity contribution in [3.05, 3.63) is 28.9 Å². The van der Waals surface area contributed by atoms with E-state index in [1.807, 2.05) is 25.1 Å². The van der Waals surface area contributed by atoms with E-state index in [4.69, 9.17) is 27.3 Å². The summed E-state index contributed by atoms with van der Waals surface area (Å²) >= 11 is 6.16. The average molecular weight is 390 g/mol. The summed E-state index contributed by atoms with van der Waals surface area (Å²) in [5.74, 6) is -0.693. The molecule has 0 radical (unpaired) electrons. The number of nitrogens with one attached hydrogen (secondary N) is 2. The molecule has 2 aromatic rings. The zero-order chi connectivity index (χ0) is 19.5. The number of guanidine groups is 1. The fourth-order valence-electron chi connectivity index (χ4n) is 1.95. The van der Waals surface area contributed by atoms with Crippen molar-refractivity contribution in [3.8, 4) is 0 Å². The van der Waals surface area contributed by atoms with E-state index in [0.717, 1.165) is 21.5 Å². The SMILES string of the molecule is CN(C(=N)N)C(=O)c1cc2c(Cl)ccc(N(C)C)c2[nH]1.CS(=O)(=O)O. The lowest BCUT2D eigenvalue weighted by Crippen LogP contribution is -2.38. The number of carbonyl (C=O) groups excluding carboxylic acids is 1. The van der Waals surface area contributed by atoms with Crippen molar-refractivity contribution < 1.29 is 17.8 Å². The summed E-state index contributed by atoms with van der Waals surface area (Å²) in [4.78, 5) is 18.2. The second-order valence-corrected chi connectivity index (χ2v) is 7.29. The van der Waals surface area contributed by atoms with Gasteiger partial charge in [0.25, 0.3) is 16.0 Å². The number of hydrogen-bond donors (Lipinski definition) is 4. The third-order valence-electron chi connectivity index (χ3n) is 3.10. The van der Waals surface area contributed by atoms with E-state index in [1.165, 1.54) is 7.05 Å². The molecule has 1 heterocycles. The van der Waals surface area contributed by atoms with E-state index in [1.54, 1.807) is 12.1 Å². The van der Waals surface area contributed by atoms with Crippen LogP contribution in [0.4, 0.5) is 5.69 Å². The van der Waals surface area contributed by atoms with Gasteiger partial charge in [0.15, 0.2) is 5.96 Å². The van der Waals surface area contributed by atoms with Gasteiger partial charge in [-0.1, -0.05) is 11.6 Å². The molecule has 1 aromatic carbocycles. The summed E-state index contributed by atoms with van der Waals surface area (Å²) in [7, 11) is 1.60. The quantitative estimate of drug-likeness (QED) is 0.347. The average Bonchev–Trinajstić information content (AvgIpc) is 2.89. The number of hydrogen-bond acceptors (Lipinski definition) is 5. The fourth-order valence-corrected chi connectivity index (χ4v) is 2.16. The van der Waals surface area contributed by atoms with Gasteiger partial charge in [-0.05, 0) is 18.2 Å². The van der Waals surface area contributed by atoms with Crippen LogP contribution in [-0.2, 0) is 10.1 Å². The van der Waals surface area contributed by atoms with Gasteiger partial charge in [0.1, 0.15) is 5.69 Å². The molecule has 0 bridgehead atoms. The van der Waals surface area contributed by atoms with Gasteiger partial charge in [0, 0.05) is 26.5 Å². The summed E-state index contributed by atoms with van der Waals surface area (Å²) in [6.07, 6.45) is 0.715. The predicted molar refractivity (Wildman–Crippen MR) is 99.1 cm³/mol. The lowest BCUT2D eigenvalue weighted by atomic mass is 10.2. The molecule has 0 atom stereocenters. The standard InChI is InChI=1S/C13H16ClN5O.CH4O3S/c1-18(2)10-5-4-8(14)7-6-9(17-11(7)10)12(20)19(3)13(15)16;1-5(2,3)4/h4-6,17H,1-3H3,(H3,15,16);1H3,(H,2,3,4). The minimum Gasteiger partial charge on any atom is -0.376 e. The van der Waals surface area contributed by atoms with Crippen LogP contribution in [0.15, 0.2) is 18.2 Å². The molecule has 1 aromatic heterocycles. The minimum atomic E-state index is -3.67. The molecular weight excluding hydrogens is 370 g/mol. The third kappa shape index (κ3) is 5.62. The van der Waals surface area contributed by atoms with Crippen LogP contribution in [0.5, 0.6) is 0 Å². The van der Waals surface area contributed by atoms with E-state index < -0.39 is 10.1 Å². The van der Waals surface area contributed by atoms with Crippen LogP contribution in [0, 0.1) is 5.41 Å². The number of carbonyl (C=O) groups is 1. The lowest BCUT2D eigenvalue weighted by Gasteiger charge is -2.14. The first kappa shape index (κ1) is 20.7. The van der Waals surface area contributed by atoms with E-state index >= 15 is 0 Å². The molecule has 0 spiro atoms. The summed E-state index contributed by atoms with van der Waals surface area (Å²) in [5.41, 5.74) is 7.36. The summed E-state index contributed by atoms with van der Waals surface area (Å²) < 4.78 is 25.9. The van der Waals surface area contributed by atoms with Crippen LogP contribution >= 0.6 is 11.6 Å². The molecule has 0 saturated carbocycles. The van der Waals surface area contributed by atoms with Gasteiger partial charge in [0.05, 0.1) is 22.5 Å². The van der Waals surface area contributed by atoms with E-state index in [2.05, 4.69) is 4.98 Å². The number of fused-ring (bicyclic) bond motifs is 1. The van der Waals surface area contributed by atoms with Gasteiger partial charge in [-0.2, -0.15) is 8.42 Å². The number of nitrogens with two attached hydrogens (primary N) is 1. The lowest BCUT2D eigenvalue weighted by molar-refractivity contribution is 0.0864. The number of benzene rings is 1. The Hall–Kier alpha value is -2.30. The van der Waals surface area contributed by atoms with Crippen molar-refractivity contribution >= 4 is 50.2 Å². The molecule has 11 heteroatoms. The highest BCUT2D eigenvalue weighted by molar-refractivity contribution is 7.85.